The third-order valence-corrected chi connectivity index (χ3v) is 11.0. The van der Waals surface area contributed by atoms with Gasteiger partial charge in [-0.3, -0.25) is 19.6 Å². The number of cyclic esters (lactones) is 1. The minimum atomic E-state index is -4.51. The van der Waals surface area contributed by atoms with Gasteiger partial charge in [-0.05, 0) is 87.9 Å². The number of aromatic nitrogens is 2. The number of fused-ring (bicyclic) bond motifs is 8. The van der Waals surface area contributed by atoms with Crippen molar-refractivity contribution in [1.82, 2.24) is 30.2 Å². The molecule has 15 heteroatoms. The number of nitrogens with one attached hydrogen (secondary N) is 2. The fraction of sp³-hybridized carbons (Fsp3) is 0.590. The van der Waals surface area contributed by atoms with Crippen LogP contribution >= 0.6 is 0 Å². The zero-order chi connectivity index (χ0) is 38.7. The van der Waals surface area contributed by atoms with E-state index >= 15 is 0 Å². The number of halogens is 3. The van der Waals surface area contributed by atoms with Gasteiger partial charge in [-0.2, -0.15) is 13.2 Å². The number of esters is 1. The highest BCUT2D eigenvalue weighted by Crippen LogP contribution is 2.57. The molecule has 6 atom stereocenters. The smallest absolute Gasteiger partial charge is 0.408 e. The lowest BCUT2D eigenvalue weighted by molar-refractivity contribution is -0.156. The van der Waals surface area contributed by atoms with Crippen molar-refractivity contribution >= 4 is 28.9 Å². The molecule has 0 spiro atoms. The SMILES string of the molecule is CO[C@@H]1c2ncccc2-c2c3c4cc(ccc4n2CC(F)(F)F)C2CCN(CC(NC(=O)OC(C)(C)C)C(=O)N4CCC[C@H](N4)C(=O)OCC(C)(C)C31)C2. The van der Waals surface area contributed by atoms with Crippen LogP contribution in [0.5, 0.6) is 0 Å². The minimum Gasteiger partial charge on any atom is -0.464 e. The topological polar surface area (TPSA) is 127 Å². The first-order valence-corrected chi connectivity index (χ1v) is 18.6. The fourth-order valence-corrected chi connectivity index (χ4v) is 8.72. The predicted octanol–water partition coefficient (Wildman–Crippen LogP) is 5.81. The normalized spacial score (nSPS) is 27.2. The summed E-state index contributed by atoms with van der Waals surface area (Å²) in [5.74, 6) is -1.51. The number of hydrogen-bond acceptors (Lipinski definition) is 9. The lowest BCUT2D eigenvalue weighted by Crippen LogP contribution is -2.62. The van der Waals surface area contributed by atoms with E-state index in [9.17, 15) is 27.6 Å². The molecule has 3 aliphatic heterocycles. The Hall–Kier alpha value is -4.21. The van der Waals surface area contributed by atoms with Crippen molar-refractivity contribution in [3.63, 3.8) is 0 Å². The van der Waals surface area contributed by atoms with Crippen LogP contribution in [0, 0.1) is 5.41 Å². The lowest BCUT2D eigenvalue weighted by Gasteiger charge is -2.42. The number of carbonyl (C=O) groups excluding carboxylic acids is 3. The van der Waals surface area contributed by atoms with Gasteiger partial charge in [0.15, 0.2) is 0 Å². The summed E-state index contributed by atoms with van der Waals surface area (Å²) in [4.78, 5) is 47.6. The summed E-state index contributed by atoms with van der Waals surface area (Å²) in [6, 6.07) is 7.36. The van der Waals surface area contributed by atoms with Crippen molar-refractivity contribution < 1.29 is 41.8 Å². The van der Waals surface area contributed by atoms with Crippen LogP contribution in [0.15, 0.2) is 36.5 Å². The van der Waals surface area contributed by atoms with Crippen LogP contribution in [-0.2, 0) is 30.3 Å². The molecule has 2 aromatic heterocycles. The molecule has 7 rings (SSSR count). The third-order valence-electron chi connectivity index (χ3n) is 11.0. The van der Waals surface area contributed by atoms with Gasteiger partial charge >= 0.3 is 18.2 Å². The molecule has 5 heterocycles. The maximum atomic E-state index is 14.4. The number of rotatable bonds is 3. The number of benzene rings is 1. The van der Waals surface area contributed by atoms with Gasteiger partial charge in [0, 0.05) is 60.7 Å². The number of alkyl carbamates (subject to hydrolysis) is 1. The van der Waals surface area contributed by atoms with Gasteiger partial charge in [0.05, 0.1) is 18.0 Å². The maximum absolute atomic E-state index is 14.4. The Morgan fingerprint density at radius 3 is 2.61 bits per heavy atom. The number of carbonyl (C=O) groups is 3. The molecule has 1 aliphatic carbocycles. The highest BCUT2D eigenvalue weighted by atomic mass is 19.4. The average molecular weight is 755 g/mol. The van der Waals surface area contributed by atoms with E-state index in [4.69, 9.17) is 14.2 Å². The van der Waals surface area contributed by atoms with Crippen LogP contribution in [0.1, 0.15) is 88.6 Å². The van der Waals surface area contributed by atoms with Crippen LogP contribution in [0.4, 0.5) is 18.0 Å². The van der Waals surface area contributed by atoms with Crippen molar-refractivity contribution in [2.24, 2.45) is 5.41 Å². The van der Waals surface area contributed by atoms with Gasteiger partial charge in [-0.1, -0.05) is 19.9 Å². The summed E-state index contributed by atoms with van der Waals surface area (Å²) in [5.41, 5.74) is 5.03. The second-order valence-electron chi connectivity index (χ2n) is 16.7. The number of hydrogen-bond donors (Lipinski definition) is 2. The summed E-state index contributed by atoms with van der Waals surface area (Å²) in [7, 11) is 1.57. The van der Waals surface area contributed by atoms with E-state index in [0.29, 0.717) is 65.9 Å². The van der Waals surface area contributed by atoms with Gasteiger partial charge in [-0.25, -0.2) is 10.2 Å². The van der Waals surface area contributed by atoms with Crippen LogP contribution < -0.4 is 10.7 Å². The summed E-state index contributed by atoms with van der Waals surface area (Å²) in [5, 5.41) is 4.84. The molecule has 2 fully saturated rings. The molecular formula is C39H49F3N6O6. The van der Waals surface area contributed by atoms with E-state index < -0.39 is 65.8 Å². The quantitative estimate of drug-likeness (QED) is 0.319. The van der Waals surface area contributed by atoms with E-state index in [1.54, 1.807) is 52.3 Å². The Kier molecular flexibility index (Phi) is 9.97. The first-order chi connectivity index (χ1) is 25.4. The van der Waals surface area contributed by atoms with Crippen molar-refractivity contribution in [3.8, 4) is 11.3 Å². The summed E-state index contributed by atoms with van der Waals surface area (Å²) in [6.07, 6.45) is -2.61. The van der Waals surface area contributed by atoms with Crippen molar-refractivity contribution in [1.29, 1.82) is 0 Å². The largest absolute Gasteiger partial charge is 0.464 e. The van der Waals surface area contributed by atoms with Gasteiger partial charge < -0.3 is 29.0 Å². The van der Waals surface area contributed by atoms with E-state index in [1.165, 1.54) is 9.58 Å². The third kappa shape index (κ3) is 7.41. The maximum Gasteiger partial charge on any atom is 0.408 e. The van der Waals surface area contributed by atoms with Gasteiger partial charge in [0.2, 0.25) is 0 Å². The molecule has 4 aliphatic rings. The summed E-state index contributed by atoms with van der Waals surface area (Å²) < 4.78 is 62.3. The van der Waals surface area contributed by atoms with E-state index in [-0.39, 0.29) is 19.1 Å². The molecule has 12 nitrogen and oxygen atoms in total. The molecule has 6 bridgehead atoms. The zero-order valence-electron chi connectivity index (χ0n) is 31.6. The van der Waals surface area contributed by atoms with Crippen molar-refractivity contribution in [3.05, 3.63) is 53.3 Å². The predicted molar refractivity (Wildman–Crippen MR) is 193 cm³/mol. The van der Waals surface area contributed by atoms with E-state index in [1.807, 2.05) is 26.0 Å². The van der Waals surface area contributed by atoms with Gasteiger partial charge in [0.1, 0.15) is 30.3 Å². The monoisotopic (exact) mass is 754 g/mol. The van der Waals surface area contributed by atoms with Crippen LogP contribution in [0.2, 0.25) is 0 Å². The molecule has 0 saturated carbocycles. The molecule has 4 unspecified atom stereocenters. The van der Waals surface area contributed by atoms with E-state index in [0.717, 1.165) is 12.0 Å². The number of alkyl halides is 3. The summed E-state index contributed by atoms with van der Waals surface area (Å²) >= 11 is 0. The molecule has 54 heavy (non-hydrogen) atoms. The van der Waals surface area contributed by atoms with Crippen LogP contribution in [-0.4, -0.2) is 101 Å². The molecule has 2 saturated heterocycles. The van der Waals surface area contributed by atoms with Gasteiger partial charge in [-0.15, -0.1) is 0 Å². The average Bonchev–Trinajstić information content (AvgIpc) is 3.70. The Morgan fingerprint density at radius 2 is 1.89 bits per heavy atom. The standard InChI is InChI=1S/C39H49F3N6O6/c1-37(2,3)54-36(51)44-27-19-46-16-13-23(18-46)22-11-12-28-25(17-22)29-30(38(4,5)21-53-35(50)26-10-8-15-48(45-26)34(27)49)33(52-6)31-24(9-7-14-43-31)32(29)47(28)20-39(40,41)42/h7,9,11-12,14,17,23,26-27,30,33,45H,8,10,13,15-16,18-21H2,1-6H3,(H,44,51)/t23?,26-,27?,30?,33-/m0/s1. The van der Waals surface area contributed by atoms with Crippen LogP contribution in [0.25, 0.3) is 22.2 Å². The second kappa shape index (κ2) is 14.1. The highest BCUT2D eigenvalue weighted by molar-refractivity contribution is 5.95. The van der Waals surface area contributed by atoms with Crippen molar-refractivity contribution in [2.45, 2.75) is 102 Å². The number of methoxy groups -OCH3 is 1. The number of ether oxygens (including phenoxy) is 3. The highest BCUT2D eigenvalue weighted by Gasteiger charge is 2.48. The number of pyridine rings is 1. The molecule has 2 amide bonds. The number of amides is 2. The molecule has 0 radical (unpaired) electrons. The first-order valence-electron chi connectivity index (χ1n) is 18.6. The van der Waals surface area contributed by atoms with Crippen molar-refractivity contribution in [2.75, 3.05) is 39.9 Å². The number of hydrazine groups is 1. The summed E-state index contributed by atoms with van der Waals surface area (Å²) in [6.45, 7) is 9.49. The van der Waals surface area contributed by atoms with Crippen LogP contribution in [0.3, 0.4) is 0 Å². The minimum absolute atomic E-state index is 0.00727. The second-order valence-corrected chi connectivity index (χ2v) is 16.7. The molecule has 3 aromatic rings. The Labute approximate surface area is 312 Å². The zero-order valence-corrected chi connectivity index (χ0v) is 31.6. The molecule has 292 valence electrons. The fourth-order valence-electron chi connectivity index (χ4n) is 8.72. The first kappa shape index (κ1) is 38.1. The number of nitrogens with zero attached hydrogens (tertiary/aromatic N) is 4. The van der Waals surface area contributed by atoms with Gasteiger partial charge in [0.25, 0.3) is 5.91 Å². The molecule has 1 aromatic carbocycles. The molecular weight excluding hydrogens is 705 g/mol. The Balaban J connectivity index is 1.37. The lowest BCUT2D eigenvalue weighted by atomic mass is 9.67. The molecule has 2 N–H and O–H groups in total. The Bertz CT molecular complexity index is 1940. The van der Waals surface area contributed by atoms with E-state index in [2.05, 4.69) is 20.6 Å². The Morgan fingerprint density at radius 1 is 1.11 bits per heavy atom.